The fraction of sp³-hybridized carbons (Fsp3) is 0.353. The van der Waals surface area contributed by atoms with E-state index in [-0.39, 0.29) is 11.9 Å². The summed E-state index contributed by atoms with van der Waals surface area (Å²) in [5.74, 6) is 0.657. The number of rotatable bonds is 4. The molecule has 114 valence electrons. The van der Waals surface area contributed by atoms with Gasteiger partial charge in [-0.05, 0) is 31.9 Å². The number of nitrogens with one attached hydrogen (secondary N) is 1. The third kappa shape index (κ3) is 3.24. The van der Waals surface area contributed by atoms with Gasteiger partial charge >= 0.3 is 0 Å². The van der Waals surface area contributed by atoms with Crippen molar-refractivity contribution in [3.63, 3.8) is 0 Å². The lowest BCUT2D eigenvalue weighted by molar-refractivity contribution is -0.128. The molecule has 1 aliphatic heterocycles. The van der Waals surface area contributed by atoms with Crippen LogP contribution in [0.2, 0.25) is 0 Å². The van der Waals surface area contributed by atoms with Crippen LogP contribution in [0.15, 0.2) is 36.4 Å². The monoisotopic (exact) mass is 296 g/mol. The minimum atomic E-state index is -0.232. The van der Waals surface area contributed by atoms with Crippen molar-refractivity contribution < 1.29 is 4.79 Å². The molecule has 1 amide bonds. The van der Waals surface area contributed by atoms with Gasteiger partial charge in [0.1, 0.15) is 6.04 Å². The second kappa shape index (κ2) is 6.13. The lowest BCUT2D eigenvalue weighted by Crippen LogP contribution is -2.33. The summed E-state index contributed by atoms with van der Waals surface area (Å²) < 4.78 is 0. The summed E-state index contributed by atoms with van der Waals surface area (Å²) in [6, 6.07) is 11.7. The summed E-state index contributed by atoms with van der Waals surface area (Å²) in [5, 5.41) is 3.17. The van der Waals surface area contributed by atoms with Crippen LogP contribution in [0, 0.1) is 13.8 Å². The first-order chi connectivity index (χ1) is 10.6. The molecule has 1 aliphatic rings. The molecule has 5 heteroatoms. The number of anilines is 1. The van der Waals surface area contributed by atoms with Gasteiger partial charge in [0.2, 0.25) is 11.9 Å². The van der Waals surface area contributed by atoms with Crippen LogP contribution in [0.4, 0.5) is 5.95 Å². The Balaban J connectivity index is 1.66. The van der Waals surface area contributed by atoms with E-state index in [1.165, 1.54) is 0 Å². The molecule has 1 N–H and O–H groups in total. The number of carbonyl (C=O) groups excluding carboxylic acids is 1. The fourth-order valence-corrected chi connectivity index (χ4v) is 2.78. The summed E-state index contributed by atoms with van der Waals surface area (Å²) in [5.41, 5.74) is 2.96. The summed E-state index contributed by atoms with van der Waals surface area (Å²) in [4.78, 5) is 23.1. The Bertz CT molecular complexity index is 651. The lowest BCUT2D eigenvalue weighted by Gasteiger charge is -2.17. The van der Waals surface area contributed by atoms with Crippen LogP contribution in [-0.4, -0.2) is 33.4 Å². The smallest absolute Gasteiger partial charge is 0.245 e. The molecule has 0 spiro atoms. The van der Waals surface area contributed by atoms with Gasteiger partial charge in [0, 0.05) is 24.5 Å². The largest absolute Gasteiger partial charge is 0.342 e. The standard InChI is InChI=1S/C17H20N4O/c1-12-10-13(2)19-17(18-12)20-15-8-9-21(16(15)22)11-14-6-4-3-5-7-14/h3-7,10,15H,8-9,11H2,1-2H3,(H,18,19,20)/t15-/m0/s1. The zero-order valence-electron chi connectivity index (χ0n) is 12.9. The maximum atomic E-state index is 12.5. The van der Waals surface area contributed by atoms with Gasteiger partial charge < -0.3 is 10.2 Å². The number of carbonyl (C=O) groups is 1. The van der Waals surface area contributed by atoms with Gasteiger partial charge in [0.25, 0.3) is 0 Å². The van der Waals surface area contributed by atoms with E-state index in [1.807, 2.05) is 55.1 Å². The maximum absolute atomic E-state index is 12.5. The Morgan fingerprint density at radius 3 is 2.55 bits per heavy atom. The first kappa shape index (κ1) is 14.5. The van der Waals surface area contributed by atoms with Gasteiger partial charge in [-0.2, -0.15) is 0 Å². The second-order valence-corrected chi connectivity index (χ2v) is 5.71. The zero-order chi connectivity index (χ0) is 15.5. The number of benzene rings is 1. The summed E-state index contributed by atoms with van der Waals surface area (Å²) in [7, 11) is 0. The number of hydrogen-bond donors (Lipinski definition) is 1. The van der Waals surface area contributed by atoms with Gasteiger partial charge in [-0.1, -0.05) is 30.3 Å². The van der Waals surface area contributed by atoms with Crippen LogP contribution in [0.5, 0.6) is 0 Å². The van der Waals surface area contributed by atoms with Crippen molar-refractivity contribution in [1.82, 2.24) is 14.9 Å². The molecule has 1 saturated heterocycles. The summed E-state index contributed by atoms with van der Waals surface area (Å²) >= 11 is 0. The Hall–Kier alpha value is -2.43. The zero-order valence-corrected chi connectivity index (χ0v) is 12.9. The van der Waals surface area contributed by atoms with Crippen molar-refractivity contribution in [2.45, 2.75) is 32.9 Å². The van der Waals surface area contributed by atoms with Crippen molar-refractivity contribution >= 4 is 11.9 Å². The molecule has 2 aromatic rings. The van der Waals surface area contributed by atoms with Crippen LogP contribution >= 0.6 is 0 Å². The van der Waals surface area contributed by atoms with Gasteiger partial charge in [-0.25, -0.2) is 9.97 Å². The van der Waals surface area contributed by atoms with Crippen molar-refractivity contribution in [3.8, 4) is 0 Å². The second-order valence-electron chi connectivity index (χ2n) is 5.71. The van der Waals surface area contributed by atoms with E-state index < -0.39 is 0 Å². The fourth-order valence-electron chi connectivity index (χ4n) is 2.78. The number of likely N-dealkylation sites (tertiary alicyclic amines) is 1. The number of aromatic nitrogens is 2. The number of hydrogen-bond acceptors (Lipinski definition) is 4. The normalized spacial score (nSPS) is 17.8. The van der Waals surface area contributed by atoms with Crippen LogP contribution in [0.3, 0.4) is 0 Å². The molecule has 0 aliphatic carbocycles. The van der Waals surface area contributed by atoms with E-state index >= 15 is 0 Å². The van der Waals surface area contributed by atoms with Crippen molar-refractivity contribution in [1.29, 1.82) is 0 Å². The predicted molar refractivity (Wildman–Crippen MR) is 85.4 cm³/mol. The van der Waals surface area contributed by atoms with E-state index in [0.717, 1.165) is 29.9 Å². The van der Waals surface area contributed by atoms with Gasteiger partial charge in [0.05, 0.1) is 0 Å². The first-order valence-corrected chi connectivity index (χ1v) is 7.53. The molecule has 1 atom stereocenters. The minimum absolute atomic E-state index is 0.117. The highest BCUT2D eigenvalue weighted by molar-refractivity contribution is 5.86. The molecule has 0 bridgehead atoms. The average molecular weight is 296 g/mol. The molecule has 3 rings (SSSR count). The number of amides is 1. The highest BCUT2D eigenvalue weighted by Gasteiger charge is 2.31. The van der Waals surface area contributed by atoms with Crippen molar-refractivity contribution in [2.75, 3.05) is 11.9 Å². The molecule has 22 heavy (non-hydrogen) atoms. The van der Waals surface area contributed by atoms with Gasteiger partial charge in [-0.15, -0.1) is 0 Å². The van der Waals surface area contributed by atoms with E-state index in [1.54, 1.807) is 0 Å². The molecule has 5 nitrogen and oxygen atoms in total. The van der Waals surface area contributed by atoms with Crippen molar-refractivity contribution in [3.05, 3.63) is 53.3 Å². The van der Waals surface area contributed by atoms with E-state index in [0.29, 0.717) is 12.5 Å². The van der Waals surface area contributed by atoms with E-state index in [4.69, 9.17) is 0 Å². The Morgan fingerprint density at radius 2 is 1.86 bits per heavy atom. The lowest BCUT2D eigenvalue weighted by atomic mass is 10.2. The number of nitrogens with zero attached hydrogens (tertiary/aromatic N) is 3. The average Bonchev–Trinajstić information content (AvgIpc) is 2.80. The SMILES string of the molecule is Cc1cc(C)nc(N[C@H]2CCN(Cc3ccccc3)C2=O)n1. The van der Waals surface area contributed by atoms with Gasteiger partial charge in [-0.3, -0.25) is 4.79 Å². The van der Waals surface area contributed by atoms with Crippen LogP contribution < -0.4 is 5.32 Å². The number of aryl methyl sites for hydroxylation is 2. The Labute approximate surface area is 130 Å². The molecule has 1 aromatic carbocycles. The quantitative estimate of drug-likeness (QED) is 0.940. The molecule has 0 unspecified atom stereocenters. The predicted octanol–water partition coefficient (Wildman–Crippen LogP) is 2.31. The first-order valence-electron chi connectivity index (χ1n) is 7.53. The van der Waals surface area contributed by atoms with Crippen LogP contribution in [-0.2, 0) is 11.3 Å². The summed E-state index contributed by atoms with van der Waals surface area (Å²) in [6.07, 6.45) is 0.780. The molecule has 2 heterocycles. The molecule has 0 saturated carbocycles. The van der Waals surface area contributed by atoms with Crippen LogP contribution in [0.1, 0.15) is 23.4 Å². The highest BCUT2D eigenvalue weighted by Crippen LogP contribution is 2.18. The maximum Gasteiger partial charge on any atom is 0.245 e. The molecule has 1 aromatic heterocycles. The minimum Gasteiger partial charge on any atom is -0.342 e. The molecule has 0 radical (unpaired) electrons. The molecule has 1 fully saturated rings. The topological polar surface area (TPSA) is 58.1 Å². The third-order valence-electron chi connectivity index (χ3n) is 3.80. The summed E-state index contributed by atoms with van der Waals surface area (Å²) in [6.45, 7) is 5.28. The Kier molecular flexibility index (Phi) is 4.04. The molecular weight excluding hydrogens is 276 g/mol. The third-order valence-corrected chi connectivity index (χ3v) is 3.80. The van der Waals surface area contributed by atoms with E-state index in [9.17, 15) is 4.79 Å². The molecular formula is C17H20N4O. The van der Waals surface area contributed by atoms with E-state index in [2.05, 4.69) is 15.3 Å². The Morgan fingerprint density at radius 1 is 1.18 bits per heavy atom. The highest BCUT2D eigenvalue weighted by atomic mass is 16.2. The van der Waals surface area contributed by atoms with Crippen LogP contribution in [0.25, 0.3) is 0 Å². The van der Waals surface area contributed by atoms with Crippen molar-refractivity contribution in [2.24, 2.45) is 0 Å². The van der Waals surface area contributed by atoms with Gasteiger partial charge in [0.15, 0.2) is 0 Å².